The third-order valence-electron chi connectivity index (χ3n) is 4.13. The van der Waals surface area contributed by atoms with E-state index in [1.807, 2.05) is 53.9 Å². The third-order valence-corrected chi connectivity index (χ3v) is 5.59. The number of benzene rings is 3. The first-order valence-electron chi connectivity index (χ1n) is 8.48. The van der Waals surface area contributed by atoms with Crippen molar-refractivity contribution in [1.82, 2.24) is 4.98 Å². The number of halogens is 2. The molecule has 1 heterocycles. The number of anilines is 1. The van der Waals surface area contributed by atoms with Crippen LogP contribution >= 0.6 is 34.5 Å². The van der Waals surface area contributed by atoms with Crippen LogP contribution in [0.25, 0.3) is 21.8 Å². The van der Waals surface area contributed by atoms with Crippen LogP contribution in [-0.4, -0.2) is 10.9 Å². The summed E-state index contributed by atoms with van der Waals surface area (Å²) in [7, 11) is 0. The summed E-state index contributed by atoms with van der Waals surface area (Å²) < 4.78 is 0. The van der Waals surface area contributed by atoms with Crippen molar-refractivity contribution < 1.29 is 4.79 Å². The lowest BCUT2D eigenvalue weighted by molar-refractivity contribution is 0.102. The van der Waals surface area contributed by atoms with Crippen molar-refractivity contribution in [2.24, 2.45) is 0 Å². The molecule has 1 N–H and O–H groups in total. The lowest BCUT2D eigenvalue weighted by Gasteiger charge is -2.07. The topological polar surface area (TPSA) is 42.0 Å². The predicted molar refractivity (Wildman–Crippen MR) is 117 cm³/mol. The summed E-state index contributed by atoms with van der Waals surface area (Å²) >= 11 is 13.7. The highest BCUT2D eigenvalue weighted by Crippen LogP contribution is 2.33. The van der Waals surface area contributed by atoms with Gasteiger partial charge in [0, 0.05) is 32.8 Å². The van der Waals surface area contributed by atoms with Crippen LogP contribution in [0.4, 0.5) is 5.69 Å². The highest BCUT2D eigenvalue weighted by molar-refractivity contribution is 7.13. The second-order valence-corrected chi connectivity index (χ2v) is 7.76. The molecule has 0 aliphatic rings. The number of amides is 1. The van der Waals surface area contributed by atoms with Gasteiger partial charge in [0.2, 0.25) is 0 Å². The number of nitrogens with one attached hydrogen (secondary N) is 1. The van der Waals surface area contributed by atoms with E-state index in [4.69, 9.17) is 28.2 Å². The number of thiazole rings is 1. The number of hydrogen-bond acceptors (Lipinski definition) is 3. The monoisotopic (exact) mass is 424 g/mol. The van der Waals surface area contributed by atoms with Gasteiger partial charge >= 0.3 is 0 Å². The molecular formula is C22H14Cl2N2OS. The molecule has 0 unspecified atom stereocenters. The lowest BCUT2D eigenvalue weighted by atomic mass is 10.1. The smallest absolute Gasteiger partial charge is 0.255 e. The first-order chi connectivity index (χ1) is 13.6. The molecule has 0 aliphatic heterocycles. The summed E-state index contributed by atoms with van der Waals surface area (Å²) in [6.07, 6.45) is 0. The average Bonchev–Trinajstić information content (AvgIpc) is 3.19. The van der Waals surface area contributed by atoms with Crippen LogP contribution < -0.4 is 5.32 Å². The van der Waals surface area contributed by atoms with E-state index in [2.05, 4.69) is 5.32 Å². The minimum absolute atomic E-state index is 0.191. The number of aromatic nitrogens is 1. The SMILES string of the molecule is O=C(Nc1cccc(-c2csc(-c3ccccc3Cl)n2)c1)c1ccc(Cl)cc1. The molecule has 4 aromatic rings. The van der Waals surface area contributed by atoms with E-state index < -0.39 is 0 Å². The second kappa shape index (κ2) is 8.15. The predicted octanol–water partition coefficient (Wildman–Crippen LogP) is 7.04. The highest BCUT2D eigenvalue weighted by atomic mass is 35.5. The van der Waals surface area contributed by atoms with Gasteiger partial charge in [-0.1, -0.05) is 53.5 Å². The van der Waals surface area contributed by atoms with Gasteiger partial charge in [-0.15, -0.1) is 11.3 Å². The van der Waals surface area contributed by atoms with Crippen LogP contribution in [-0.2, 0) is 0 Å². The van der Waals surface area contributed by atoms with Crippen LogP contribution in [0, 0.1) is 0 Å². The van der Waals surface area contributed by atoms with Gasteiger partial charge in [-0.05, 0) is 42.5 Å². The van der Waals surface area contributed by atoms with Crippen molar-refractivity contribution in [3.8, 4) is 21.8 Å². The summed E-state index contributed by atoms with van der Waals surface area (Å²) in [6.45, 7) is 0. The van der Waals surface area contributed by atoms with Crippen LogP contribution in [0.3, 0.4) is 0 Å². The van der Waals surface area contributed by atoms with Crippen LogP contribution in [0.5, 0.6) is 0 Å². The van der Waals surface area contributed by atoms with Gasteiger partial charge in [0.25, 0.3) is 5.91 Å². The molecule has 0 bridgehead atoms. The molecule has 3 aromatic carbocycles. The molecule has 6 heteroatoms. The molecule has 138 valence electrons. The standard InChI is InChI=1S/C22H14Cl2N2OS/c23-16-10-8-14(9-11-16)21(27)25-17-5-3-4-15(12-17)20-13-28-22(26-20)18-6-1-2-7-19(18)24/h1-13H,(H,25,27). The zero-order valence-electron chi connectivity index (χ0n) is 14.5. The molecule has 4 rings (SSSR count). The maximum atomic E-state index is 12.4. The lowest BCUT2D eigenvalue weighted by Crippen LogP contribution is -2.11. The summed E-state index contributed by atoms with van der Waals surface area (Å²) in [5.74, 6) is -0.191. The van der Waals surface area contributed by atoms with E-state index in [1.165, 1.54) is 11.3 Å². The summed E-state index contributed by atoms with van der Waals surface area (Å²) in [4.78, 5) is 17.1. The molecule has 0 aliphatic carbocycles. The molecule has 0 radical (unpaired) electrons. The van der Waals surface area contributed by atoms with Gasteiger partial charge < -0.3 is 5.32 Å². The third kappa shape index (κ3) is 4.09. The zero-order chi connectivity index (χ0) is 19.5. The van der Waals surface area contributed by atoms with E-state index >= 15 is 0 Å². The molecular weight excluding hydrogens is 411 g/mol. The zero-order valence-corrected chi connectivity index (χ0v) is 16.9. The number of hydrogen-bond donors (Lipinski definition) is 1. The molecule has 1 aromatic heterocycles. The Labute approximate surface area is 176 Å². The summed E-state index contributed by atoms with van der Waals surface area (Å²) in [5, 5.41) is 7.02. The van der Waals surface area contributed by atoms with Gasteiger partial charge in [0.1, 0.15) is 5.01 Å². The van der Waals surface area contributed by atoms with Crippen LogP contribution in [0.1, 0.15) is 10.4 Å². The van der Waals surface area contributed by atoms with E-state index in [9.17, 15) is 4.79 Å². The van der Waals surface area contributed by atoms with E-state index in [0.717, 1.165) is 21.8 Å². The van der Waals surface area contributed by atoms with Gasteiger partial charge in [-0.2, -0.15) is 0 Å². The molecule has 0 saturated carbocycles. The maximum Gasteiger partial charge on any atom is 0.255 e. The fourth-order valence-corrected chi connectivity index (χ4v) is 4.00. The number of carbonyl (C=O) groups excluding carboxylic acids is 1. The summed E-state index contributed by atoms with van der Waals surface area (Å²) in [5.41, 5.74) is 3.91. The van der Waals surface area contributed by atoms with Gasteiger partial charge in [0.05, 0.1) is 10.7 Å². The highest BCUT2D eigenvalue weighted by Gasteiger charge is 2.11. The molecule has 0 saturated heterocycles. The Balaban J connectivity index is 1.57. The Hall–Kier alpha value is -2.66. The second-order valence-electron chi connectivity index (χ2n) is 6.06. The molecule has 0 spiro atoms. The van der Waals surface area contributed by atoms with Crippen molar-refractivity contribution in [1.29, 1.82) is 0 Å². The van der Waals surface area contributed by atoms with Crippen molar-refractivity contribution in [2.75, 3.05) is 5.32 Å². The van der Waals surface area contributed by atoms with Gasteiger partial charge in [0.15, 0.2) is 0 Å². The first kappa shape index (κ1) is 18.7. The Kier molecular flexibility index (Phi) is 5.44. The Morgan fingerprint density at radius 3 is 2.50 bits per heavy atom. The molecule has 0 fully saturated rings. The Morgan fingerprint density at radius 2 is 1.71 bits per heavy atom. The maximum absolute atomic E-state index is 12.4. The minimum Gasteiger partial charge on any atom is -0.322 e. The minimum atomic E-state index is -0.191. The number of nitrogens with zero attached hydrogens (tertiary/aromatic N) is 1. The summed E-state index contributed by atoms with van der Waals surface area (Å²) in [6, 6.07) is 22.0. The Bertz CT molecular complexity index is 1140. The van der Waals surface area contributed by atoms with Crippen molar-refractivity contribution in [3.63, 3.8) is 0 Å². The largest absolute Gasteiger partial charge is 0.322 e. The van der Waals surface area contributed by atoms with Gasteiger partial charge in [-0.25, -0.2) is 4.98 Å². The van der Waals surface area contributed by atoms with Crippen LogP contribution in [0.15, 0.2) is 78.2 Å². The quantitative estimate of drug-likeness (QED) is 0.381. The van der Waals surface area contributed by atoms with Crippen LogP contribution in [0.2, 0.25) is 10.0 Å². The fourth-order valence-electron chi connectivity index (χ4n) is 2.73. The first-order valence-corrected chi connectivity index (χ1v) is 10.1. The van der Waals surface area contributed by atoms with E-state index in [-0.39, 0.29) is 5.91 Å². The fraction of sp³-hybridized carbons (Fsp3) is 0. The molecule has 3 nitrogen and oxygen atoms in total. The van der Waals surface area contributed by atoms with Crippen molar-refractivity contribution in [3.05, 3.63) is 93.8 Å². The average molecular weight is 425 g/mol. The van der Waals surface area contributed by atoms with E-state index in [1.54, 1.807) is 24.3 Å². The normalized spacial score (nSPS) is 10.6. The molecule has 1 amide bonds. The number of carbonyl (C=O) groups is 1. The Morgan fingerprint density at radius 1 is 0.929 bits per heavy atom. The van der Waals surface area contributed by atoms with Gasteiger partial charge in [-0.3, -0.25) is 4.79 Å². The molecule has 28 heavy (non-hydrogen) atoms. The van der Waals surface area contributed by atoms with E-state index in [0.29, 0.717) is 21.3 Å². The number of rotatable bonds is 4. The molecule has 0 atom stereocenters. The van der Waals surface area contributed by atoms with Crippen molar-refractivity contribution >= 4 is 46.1 Å². The van der Waals surface area contributed by atoms with Crippen molar-refractivity contribution in [2.45, 2.75) is 0 Å².